The van der Waals surface area contributed by atoms with Gasteiger partial charge in [0.05, 0.1) is 11.0 Å². The molecule has 0 radical (unpaired) electrons. The maximum atomic E-state index is 12.3. The number of hydrogen-bond acceptors (Lipinski definition) is 5. The van der Waals surface area contributed by atoms with E-state index in [4.69, 9.17) is 0 Å². The van der Waals surface area contributed by atoms with E-state index >= 15 is 0 Å². The van der Waals surface area contributed by atoms with Crippen molar-refractivity contribution in [3.63, 3.8) is 0 Å². The summed E-state index contributed by atoms with van der Waals surface area (Å²) in [5.41, 5.74) is 3.21. The van der Waals surface area contributed by atoms with Crippen molar-refractivity contribution < 1.29 is 0 Å². The lowest BCUT2D eigenvalue weighted by Crippen LogP contribution is -2.43. The number of likely N-dealkylation sites (tertiary alicyclic amines) is 1. The van der Waals surface area contributed by atoms with E-state index in [1.165, 1.54) is 10.3 Å². The molecule has 1 aliphatic rings. The van der Waals surface area contributed by atoms with Crippen molar-refractivity contribution >= 4 is 35.7 Å². The minimum Gasteiger partial charge on any atom is -0.309 e. The standard InChI is InChI=1S/C20H25BN4OS/c21-15-12-17(27-14-15)13-23-16-5-8-24(9-6-16)10-11-25-19-2-1-7-22-18(19)3-4-20(25)26/h1-4,7,12,14,16,23H,5-6,8-11,13,21H2. The third-order valence-electron chi connectivity index (χ3n) is 5.33. The summed E-state index contributed by atoms with van der Waals surface area (Å²) in [6, 6.07) is 10.2. The van der Waals surface area contributed by atoms with Crippen molar-refractivity contribution in [3.8, 4) is 0 Å². The highest BCUT2D eigenvalue weighted by atomic mass is 32.1. The second kappa shape index (κ2) is 8.38. The van der Waals surface area contributed by atoms with E-state index < -0.39 is 0 Å². The van der Waals surface area contributed by atoms with Crippen LogP contribution in [0.2, 0.25) is 0 Å². The summed E-state index contributed by atoms with van der Waals surface area (Å²) in [6.45, 7) is 4.76. The van der Waals surface area contributed by atoms with Gasteiger partial charge in [0.25, 0.3) is 5.56 Å². The molecule has 140 valence electrons. The molecule has 0 saturated carbocycles. The Morgan fingerprint density at radius 1 is 1.22 bits per heavy atom. The van der Waals surface area contributed by atoms with Crippen LogP contribution < -0.4 is 16.3 Å². The second-order valence-corrected chi connectivity index (χ2v) is 8.31. The van der Waals surface area contributed by atoms with E-state index in [2.05, 4.69) is 34.5 Å². The Labute approximate surface area is 164 Å². The van der Waals surface area contributed by atoms with E-state index in [0.29, 0.717) is 12.6 Å². The molecule has 0 amide bonds. The molecule has 4 rings (SSSR count). The summed E-state index contributed by atoms with van der Waals surface area (Å²) >= 11 is 1.84. The summed E-state index contributed by atoms with van der Waals surface area (Å²) < 4.78 is 1.85. The van der Waals surface area contributed by atoms with E-state index in [0.717, 1.165) is 50.1 Å². The first-order valence-electron chi connectivity index (χ1n) is 9.63. The van der Waals surface area contributed by atoms with E-state index in [1.807, 2.05) is 28.0 Å². The van der Waals surface area contributed by atoms with Crippen LogP contribution in [-0.4, -0.2) is 48.0 Å². The quantitative estimate of drug-likeness (QED) is 0.648. The number of thiophene rings is 1. The Bertz CT molecular complexity index is 962. The van der Waals surface area contributed by atoms with Crippen LogP contribution in [0.25, 0.3) is 11.0 Å². The number of aromatic nitrogens is 2. The monoisotopic (exact) mass is 380 g/mol. The van der Waals surface area contributed by atoms with Crippen LogP contribution >= 0.6 is 11.3 Å². The maximum absolute atomic E-state index is 12.3. The van der Waals surface area contributed by atoms with Gasteiger partial charge in [-0.15, -0.1) is 11.3 Å². The van der Waals surface area contributed by atoms with E-state index in [1.54, 1.807) is 18.3 Å². The smallest absolute Gasteiger partial charge is 0.251 e. The molecule has 7 heteroatoms. The van der Waals surface area contributed by atoms with Crippen molar-refractivity contribution in [2.24, 2.45) is 0 Å². The number of piperidine rings is 1. The third-order valence-corrected chi connectivity index (χ3v) is 6.39. The fourth-order valence-electron chi connectivity index (χ4n) is 3.79. The Hall–Kier alpha value is -1.96. The molecule has 0 unspecified atom stereocenters. The summed E-state index contributed by atoms with van der Waals surface area (Å²) in [6.07, 6.45) is 4.10. The first-order valence-corrected chi connectivity index (χ1v) is 10.5. The predicted octanol–water partition coefficient (Wildman–Crippen LogP) is 0.971. The fraction of sp³-hybridized carbons (Fsp3) is 0.400. The number of nitrogens with zero attached hydrogens (tertiary/aromatic N) is 3. The van der Waals surface area contributed by atoms with E-state index in [9.17, 15) is 4.79 Å². The van der Waals surface area contributed by atoms with Crippen molar-refractivity contribution in [2.45, 2.75) is 32.0 Å². The average Bonchev–Trinajstić information content (AvgIpc) is 3.12. The van der Waals surface area contributed by atoms with Crippen molar-refractivity contribution in [1.29, 1.82) is 0 Å². The Kier molecular flexibility index (Phi) is 5.71. The van der Waals surface area contributed by atoms with Crippen molar-refractivity contribution in [2.75, 3.05) is 19.6 Å². The second-order valence-electron chi connectivity index (χ2n) is 7.32. The van der Waals surface area contributed by atoms with Crippen LogP contribution in [0.3, 0.4) is 0 Å². The van der Waals surface area contributed by atoms with Gasteiger partial charge in [0.15, 0.2) is 0 Å². The van der Waals surface area contributed by atoms with Gasteiger partial charge in [-0.05, 0) is 49.5 Å². The molecule has 1 aliphatic heterocycles. The first-order chi connectivity index (χ1) is 13.2. The number of nitrogens with one attached hydrogen (secondary N) is 1. The number of pyridine rings is 2. The molecule has 4 heterocycles. The summed E-state index contributed by atoms with van der Waals surface area (Å²) in [4.78, 5) is 20.5. The molecule has 1 N–H and O–H groups in total. The van der Waals surface area contributed by atoms with Crippen LogP contribution in [0.1, 0.15) is 17.7 Å². The lowest BCUT2D eigenvalue weighted by atomic mass is 10.0. The molecule has 1 fully saturated rings. The van der Waals surface area contributed by atoms with Crippen LogP contribution in [0.15, 0.2) is 46.7 Å². The zero-order valence-electron chi connectivity index (χ0n) is 15.7. The molecule has 0 aromatic carbocycles. The first kappa shape index (κ1) is 18.4. The summed E-state index contributed by atoms with van der Waals surface area (Å²) in [5, 5.41) is 5.91. The van der Waals surface area contributed by atoms with Crippen molar-refractivity contribution in [1.82, 2.24) is 19.8 Å². The number of fused-ring (bicyclic) bond motifs is 1. The minimum atomic E-state index is 0.0540. The molecule has 3 aromatic rings. The van der Waals surface area contributed by atoms with Gasteiger partial charge in [-0.1, -0.05) is 11.5 Å². The van der Waals surface area contributed by atoms with Gasteiger partial charge in [0.1, 0.15) is 7.85 Å². The van der Waals surface area contributed by atoms with Gasteiger partial charge in [-0.25, -0.2) is 0 Å². The van der Waals surface area contributed by atoms with Gasteiger partial charge in [0.2, 0.25) is 0 Å². The topological polar surface area (TPSA) is 50.2 Å². The fourth-order valence-corrected chi connectivity index (χ4v) is 4.61. The Morgan fingerprint density at radius 2 is 2.07 bits per heavy atom. The van der Waals surface area contributed by atoms with Crippen LogP contribution in [0, 0.1) is 0 Å². The molecular formula is C20H25BN4OS. The zero-order chi connectivity index (χ0) is 18.6. The van der Waals surface area contributed by atoms with Gasteiger partial charge in [-0.2, -0.15) is 0 Å². The molecule has 3 aromatic heterocycles. The summed E-state index contributed by atoms with van der Waals surface area (Å²) in [5.74, 6) is 0. The third kappa shape index (κ3) is 4.48. The summed E-state index contributed by atoms with van der Waals surface area (Å²) in [7, 11) is 2.15. The minimum absolute atomic E-state index is 0.0540. The van der Waals surface area contributed by atoms with Crippen LogP contribution in [-0.2, 0) is 13.1 Å². The molecule has 5 nitrogen and oxygen atoms in total. The molecule has 0 bridgehead atoms. The Balaban J connectivity index is 1.29. The van der Waals surface area contributed by atoms with Gasteiger partial charge in [0, 0.05) is 42.8 Å². The number of hydrogen-bond donors (Lipinski definition) is 1. The van der Waals surface area contributed by atoms with Gasteiger partial charge in [-0.3, -0.25) is 9.78 Å². The predicted molar refractivity (Wildman–Crippen MR) is 115 cm³/mol. The molecule has 27 heavy (non-hydrogen) atoms. The molecule has 0 aliphatic carbocycles. The highest BCUT2D eigenvalue weighted by Gasteiger charge is 2.19. The Morgan fingerprint density at radius 3 is 2.85 bits per heavy atom. The maximum Gasteiger partial charge on any atom is 0.251 e. The molecule has 0 spiro atoms. The highest BCUT2D eigenvalue weighted by molar-refractivity contribution is 7.10. The SMILES string of the molecule is Bc1csc(CNC2CCN(CCn3c(=O)ccc4ncccc43)CC2)c1. The lowest BCUT2D eigenvalue weighted by molar-refractivity contribution is 0.191. The lowest BCUT2D eigenvalue weighted by Gasteiger charge is -2.32. The van der Waals surface area contributed by atoms with Crippen LogP contribution in [0.4, 0.5) is 0 Å². The largest absolute Gasteiger partial charge is 0.309 e. The molecule has 1 saturated heterocycles. The average molecular weight is 380 g/mol. The van der Waals surface area contributed by atoms with Crippen LogP contribution in [0.5, 0.6) is 0 Å². The normalized spacial score (nSPS) is 16.1. The van der Waals surface area contributed by atoms with Gasteiger partial charge >= 0.3 is 0 Å². The van der Waals surface area contributed by atoms with E-state index in [-0.39, 0.29) is 5.56 Å². The molecule has 0 atom stereocenters. The highest BCUT2D eigenvalue weighted by Crippen LogP contribution is 2.13. The van der Waals surface area contributed by atoms with Gasteiger partial charge < -0.3 is 14.8 Å². The zero-order valence-corrected chi connectivity index (χ0v) is 16.5. The van der Waals surface area contributed by atoms with Crippen molar-refractivity contribution in [3.05, 3.63) is 57.1 Å². The number of rotatable bonds is 6. The molecular weight excluding hydrogens is 355 g/mol.